The van der Waals surface area contributed by atoms with E-state index in [0.29, 0.717) is 21.9 Å². The highest BCUT2D eigenvalue weighted by Gasteiger charge is 2.40. The van der Waals surface area contributed by atoms with Crippen molar-refractivity contribution in [3.8, 4) is 5.75 Å². The van der Waals surface area contributed by atoms with Gasteiger partial charge in [0.1, 0.15) is 23.2 Å². The zero-order valence-electron chi connectivity index (χ0n) is 23.9. The molecule has 0 radical (unpaired) electrons. The van der Waals surface area contributed by atoms with Crippen molar-refractivity contribution in [3.63, 3.8) is 0 Å². The smallest absolute Gasteiger partial charge is 0.408 e. The highest BCUT2D eigenvalue weighted by molar-refractivity contribution is 7.91. The first kappa shape index (κ1) is 31.8. The summed E-state index contributed by atoms with van der Waals surface area (Å²) in [5, 5.41) is 5.40. The number of amides is 3. The third-order valence-electron chi connectivity index (χ3n) is 6.43. The van der Waals surface area contributed by atoms with Crippen molar-refractivity contribution in [2.24, 2.45) is 0 Å². The molecular weight excluding hydrogens is 601 g/mol. The fraction of sp³-hybridized carbons (Fsp3) is 0.300. The molecule has 43 heavy (non-hydrogen) atoms. The first-order valence-electron chi connectivity index (χ1n) is 13.2. The van der Waals surface area contributed by atoms with Crippen LogP contribution in [0.25, 0.3) is 0 Å². The van der Waals surface area contributed by atoms with Crippen molar-refractivity contribution in [2.45, 2.75) is 50.4 Å². The average Bonchev–Trinajstić information content (AvgIpc) is 3.00. The Kier molecular flexibility index (Phi) is 9.31. The highest BCUT2D eigenvalue weighted by atomic mass is 35.5. The van der Waals surface area contributed by atoms with Crippen LogP contribution in [0.5, 0.6) is 5.75 Å². The van der Waals surface area contributed by atoms with E-state index in [1.807, 2.05) is 0 Å². The summed E-state index contributed by atoms with van der Waals surface area (Å²) < 4.78 is 52.7. The summed E-state index contributed by atoms with van der Waals surface area (Å²) >= 11 is 6.01. The highest BCUT2D eigenvalue weighted by Crippen LogP contribution is 2.34. The van der Waals surface area contributed by atoms with Crippen LogP contribution in [0.3, 0.4) is 0 Å². The predicted octanol–water partition coefficient (Wildman–Crippen LogP) is 4.63. The van der Waals surface area contributed by atoms with Gasteiger partial charge in [0.15, 0.2) is 9.84 Å². The number of anilines is 1. The van der Waals surface area contributed by atoms with Crippen LogP contribution in [0.15, 0.2) is 65.6 Å². The molecule has 1 atom stereocenters. The summed E-state index contributed by atoms with van der Waals surface area (Å²) in [7, 11) is -2.82. The maximum absolute atomic E-state index is 15.4. The Bertz CT molecular complexity index is 1640. The van der Waals surface area contributed by atoms with Crippen LogP contribution in [-0.2, 0) is 32.5 Å². The van der Waals surface area contributed by atoms with Gasteiger partial charge in [0.25, 0.3) is 11.8 Å². The maximum Gasteiger partial charge on any atom is 0.408 e. The number of nitrogens with one attached hydrogen (secondary N) is 2. The van der Waals surface area contributed by atoms with E-state index in [9.17, 15) is 22.8 Å². The molecule has 1 aliphatic heterocycles. The summed E-state index contributed by atoms with van der Waals surface area (Å²) in [6.07, 6.45) is -0.997. The Hall–Kier alpha value is -4.16. The number of fused-ring (bicyclic) bond motifs is 1. The SMILES string of the molecule is COc1ccc(CNC(=O)c2cc3c(cc2F)S(=O)(=O)C[C@H](NC(=O)OC(C)(C)C)C(=O)N3Cc2ccc(Cl)cc2)cc1. The van der Waals surface area contributed by atoms with E-state index in [4.69, 9.17) is 21.1 Å². The van der Waals surface area contributed by atoms with Gasteiger partial charge < -0.3 is 25.0 Å². The van der Waals surface area contributed by atoms with E-state index < -0.39 is 61.4 Å². The fourth-order valence-corrected chi connectivity index (χ4v) is 6.12. The Balaban J connectivity index is 1.73. The van der Waals surface area contributed by atoms with Crippen molar-refractivity contribution in [1.29, 1.82) is 0 Å². The molecule has 1 heterocycles. The number of halogens is 2. The molecule has 0 unspecified atom stereocenters. The standard InChI is InChI=1S/C30H31ClFN3O7S/c1-30(2,3)42-29(38)34-24-17-43(39,40)26-14-23(32)22(27(36)33-15-18-7-11-21(41-4)12-8-18)13-25(26)35(28(24)37)16-19-5-9-20(31)10-6-19/h5-14,24H,15-17H2,1-4H3,(H,33,36)(H,34,38)/t24-/m0/s1. The van der Waals surface area contributed by atoms with Gasteiger partial charge in [-0.25, -0.2) is 17.6 Å². The first-order valence-corrected chi connectivity index (χ1v) is 15.2. The average molecular weight is 632 g/mol. The number of carbonyl (C=O) groups excluding carboxylic acids is 3. The van der Waals surface area contributed by atoms with Gasteiger partial charge in [0, 0.05) is 11.6 Å². The molecule has 1 aliphatic rings. The van der Waals surface area contributed by atoms with E-state index >= 15 is 4.39 Å². The summed E-state index contributed by atoms with van der Waals surface area (Å²) in [5.74, 6) is -2.93. The molecule has 228 valence electrons. The van der Waals surface area contributed by atoms with Crippen LogP contribution in [-0.4, -0.2) is 50.8 Å². The number of hydrogen-bond acceptors (Lipinski definition) is 7. The second kappa shape index (κ2) is 12.6. The second-order valence-electron chi connectivity index (χ2n) is 10.9. The minimum atomic E-state index is -4.35. The predicted molar refractivity (Wildman–Crippen MR) is 158 cm³/mol. The Morgan fingerprint density at radius 1 is 1.05 bits per heavy atom. The fourth-order valence-electron chi connectivity index (χ4n) is 4.37. The van der Waals surface area contributed by atoms with Crippen LogP contribution >= 0.6 is 11.6 Å². The molecule has 10 nitrogen and oxygen atoms in total. The third kappa shape index (κ3) is 7.82. The van der Waals surface area contributed by atoms with Crippen LogP contribution in [0.4, 0.5) is 14.9 Å². The molecule has 3 amide bonds. The number of methoxy groups -OCH3 is 1. The molecule has 13 heteroatoms. The lowest BCUT2D eigenvalue weighted by molar-refractivity contribution is -0.120. The maximum atomic E-state index is 15.4. The Labute approximate surface area is 254 Å². The van der Waals surface area contributed by atoms with E-state index in [0.717, 1.165) is 17.0 Å². The van der Waals surface area contributed by atoms with Crippen LogP contribution < -0.4 is 20.3 Å². The number of benzene rings is 3. The largest absolute Gasteiger partial charge is 0.497 e. The van der Waals surface area contributed by atoms with Crippen LogP contribution in [0.2, 0.25) is 5.02 Å². The zero-order valence-corrected chi connectivity index (χ0v) is 25.5. The van der Waals surface area contributed by atoms with Gasteiger partial charge in [0.2, 0.25) is 0 Å². The summed E-state index contributed by atoms with van der Waals surface area (Å²) in [6.45, 7) is 4.73. The Morgan fingerprint density at radius 3 is 2.28 bits per heavy atom. The Morgan fingerprint density at radius 2 is 1.67 bits per heavy atom. The van der Waals surface area contributed by atoms with E-state index in [1.54, 1.807) is 69.3 Å². The number of nitrogens with zero attached hydrogens (tertiary/aromatic N) is 1. The van der Waals surface area contributed by atoms with Gasteiger partial charge in [-0.1, -0.05) is 35.9 Å². The normalized spacial score (nSPS) is 16.1. The lowest BCUT2D eigenvalue weighted by Crippen LogP contribution is -2.51. The van der Waals surface area contributed by atoms with Gasteiger partial charge >= 0.3 is 6.09 Å². The quantitative estimate of drug-likeness (QED) is 0.389. The molecule has 0 spiro atoms. The van der Waals surface area contributed by atoms with Gasteiger partial charge in [0.05, 0.1) is 35.6 Å². The third-order valence-corrected chi connectivity index (χ3v) is 8.45. The molecule has 0 fully saturated rings. The number of rotatable bonds is 7. The summed E-state index contributed by atoms with van der Waals surface area (Å²) in [5.41, 5.74) is -0.310. The molecule has 4 rings (SSSR count). The first-order chi connectivity index (χ1) is 20.2. The molecular formula is C30H31ClFN3O7S. The van der Waals surface area contributed by atoms with Crippen molar-refractivity contribution in [3.05, 3.63) is 88.2 Å². The van der Waals surface area contributed by atoms with Crippen molar-refractivity contribution < 1.29 is 36.7 Å². The number of alkyl carbamates (subject to hydrolysis) is 1. The van der Waals surface area contributed by atoms with Crippen molar-refractivity contribution in [2.75, 3.05) is 17.8 Å². The van der Waals surface area contributed by atoms with Crippen molar-refractivity contribution >= 4 is 45.0 Å². The molecule has 0 bridgehead atoms. The van der Waals surface area contributed by atoms with Gasteiger partial charge in [-0.15, -0.1) is 0 Å². The van der Waals surface area contributed by atoms with Crippen molar-refractivity contribution in [1.82, 2.24) is 10.6 Å². The molecule has 0 aromatic heterocycles. The number of carbonyl (C=O) groups is 3. The molecule has 0 saturated carbocycles. The molecule has 0 aliphatic carbocycles. The zero-order chi connectivity index (χ0) is 31.5. The van der Waals surface area contributed by atoms with Crippen LogP contribution in [0.1, 0.15) is 42.3 Å². The second-order valence-corrected chi connectivity index (χ2v) is 13.3. The minimum absolute atomic E-state index is 0.0486. The summed E-state index contributed by atoms with van der Waals surface area (Å²) in [4.78, 5) is 40.1. The van der Waals surface area contributed by atoms with E-state index in [-0.39, 0.29) is 18.8 Å². The molecule has 2 N–H and O–H groups in total. The van der Waals surface area contributed by atoms with Gasteiger partial charge in [-0.3, -0.25) is 9.59 Å². The van der Waals surface area contributed by atoms with E-state index in [2.05, 4.69) is 10.6 Å². The monoisotopic (exact) mass is 631 g/mol. The lowest BCUT2D eigenvalue weighted by Gasteiger charge is -2.27. The number of hydrogen-bond donors (Lipinski definition) is 2. The number of sulfone groups is 1. The number of ether oxygens (including phenoxy) is 2. The van der Waals surface area contributed by atoms with E-state index in [1.165, 1.54) is 7.11 Å². The molecule has 3 aromatic carbocycles. The molecule has 3 aromatic rings. The minimum Gasteiger partial charge on any atom is -0.497 e. The topological polar surface area (TPSA) is 131 Å². The summed E-state index contributed by atoms with van der Waals surface area (Å²) in [6, 6.07) is 13.5. The van der Waals surface area contributed by atoms with Gasteiger partial charge in [-0.2, -0.15) is 0 Å². The lowest BCUT2D eigenvalue weighted by atomic mass is 10.1. The van der Waals surface area contributed by atoms with Crippen LogP contribution in [0, 0.1) is 5.82 Å². The molecule has 0 saturated heterocycles. The van der Waals surface area contributed by atoms with Gasteiger partial charge in [-0.05, 0) is 68.3 Å².